The van der Waals surface area contributed by atoms with E-state index in [-0.39, 0.29) is 0 Å². The molecule has 1 aromatic heterocycles. The first-order chi connectivity index (χ1) is 13.9. The van der Waals surface area contributed by atoms with Gasteiger partial charge in [0.2, 0.25) is 0 Å². The zero-order chi connectivity index (χ0) is 20.9. The van der Waals surface area contributed by atoms with Crippen molar-refractivity contribution in [1.82, 2.24) is 9.55 Å². The molecule has 0 spiro atoms. The summed E-state index contributed by atoms with van der Waals surface area (Å²) >= 11 is 3.60. The van der Waals surface area contributed by atoms with Crippen molar-refractivity contribution in [2.45, 2.75) is 32.4 Å². The molecule has 0 radical (unpaired) electrons. The predicted molar refractivity (Wildman–Crippen MR) is 124 cm³/mol. The molecule has 29 heavy (non-hydrogen) atoms. The Bertz CT molecular complexity index is 981. The molecule has 0 saturated carbocycles. The van der Waals surface area contributed by atoms with Crippen molar-refractivity contribution in [1.29, 1.82) is 0 Å². The molecule has 2 aromatic carbocycles. The van der Waals surface area contributed by atoms with Crippen LogP contribution in [0.3, 0.4) is 0 Å². The molecule has 0 amide bonds. The van der Waals surface area contributed by atoms with Gasteiger partial charge in [-0.2, -0.15) is 0 Å². The summed E-state index contributed by atoms with van der Waals surface area (Å²) in [5, 5.41) is 0. The number of imidazole rings is 1. The molecule has 0 unspecified atom stereocenters. The molecule has 0 aliphatic heterocycles. The van der Waals surface area contributed by atoms with Crippen LogP contribution in [0.2, 0.25) is 25.7 Å². The molecule has 0 N–H and O–H groups in total. The number of methoxy groups -OCH3 is 1. The van der Waals surface area contributed by atoms with E-state index < -0.39 is 8.07 Å². The minimum absolute atomic E-state index is 0.427. The van der Waals surface area contributed by atoms with E-state index in [9.17, 15) is 0 Å². The van der Waals surface area contributed by atoms with Crippen molar-refractivity contribution in [3.05, 3.63) is 59.0 Å². The van der Waals surface area contributed by atoms with E-state index in [0.717, 1.165) is 39.7 Å². The average molecular weight is 475 g/mol. The number of hydrogen-bond acceptors (Lipinski definition) is 4. The molecule has 0 bridgehead atoms. The van der Waals surface area contributed by atoms with Crippen LogP contribution in [0.4, 0.5) is 0 Å². The van der Waals surface area contributed by atoms with E-state index in [1.807, 2.05) is 53.1 Å². The predicted octanol–water partition coefficient (Wildman–Crippen LogP) is 6.52. The minimum Gasteiger partial charge on any atom is -0.504 e. The zero-order valence-electron chi connectivity index (χ0n) is 17.3. The highest BCUT2D eigenvalue weighted by atomic mass is 79.9. The largest absolute Gasteiger partial charge is 0.504 e. The number of halogens is 1. The average Bonchev–Trinajstić information content (AvgIpc) is 3.03. The Balaban J connectivity index is 1.96. The lowest BCUT2D eigenvalue weighted by molar-refractivity contribution is 0.0894. The lowest BCUT2D eigenvalue weighted by Gasteiger charge is -2.16. The third kappa shape index (κ3) is 5.71. The fraction of sp³-hybridized carbons (Fsp3) is 0.318. The van der Waals surface area contributed by atoms with E-state index in [0.29, 0.717) is 12.5 Å². The van der Waals surface area contributed by atoms with Crippen LogP contribution in [0.1, 0.15) is 5.82 Å². The van der Waals surface area contributed by atoms with Gasteiger partial charge in [0.15, 0.2) is 5.75 Å². The van der Waals surface area contributed by atoms with Crippen molar-refractivity contribution in [2.75, 3.05) is 13.7 Å². The smallest absolute Gasteiger partial charge is 0.169 e. The minimum atomic E-state index is -1.14. The second-order valence-corrected chi connectivity index (χ2v) is 14.4. The van der Waals surface area contributed by atoms with Crippen molar-refractivity contribution in [2.24, 2.45) is 0 Å². The monoisotopic (exact) mass is 474 g/mol. The maximum atomic E-state index is 6.15. The number of ether oxygens (including phenoxy) is 3. The highest BCUT2D eigenvalue weighted by Gasteiger charge is 2.17. The second-order valence-electron chi connectivity index (χ2n) is 7.94. The van der Waals surface area contributed by atoms with Crippen LogP contribution in [-0.4, -0.2) is 31.3 Å². The van der Waals surface area contributed by atoms with Crippen LogP contribution < -0.4 is 4.74 Å². The normalized spacial score (nSPS) is 12.0. The Hall–Kier alpha value is -2.09. The molecule has 3 aromatic rings. The van der Waals surface area contributed by atoms with Crippen molar-refractivity contribution in [3.63, 3.8) is 0 Å². The Morgan fingerprint density at radius 3 is 2.55 bits per heavy atom. The van der Waals surface area contributed by atoms with Gasteiger partial charge in [-0.3, -0.25) is 0 Å². The van der Waals surface area contributed by atoms with Gasteiger partial charge in [-0.15, -0.1) is 0 Å². The highest BCUT2D eigenvalue weighted by Crippen LogP contribution is 2.37. The summed E-state index contributed by atoms with van der Waals surface area (Å²) in [6.45, 7) is 8.21. The standard InChI is InChI=1S/C22H27BrN2O3Si/c1-26-13-12-20-24-21-19(25(20)16-27-14-15-29(2,3)4)11-10-18(23)22(21)28-17-8-6-5-7-9-17/h5-13H,14-16H2,1-4H3/b13-12-. The number of rotatable bonds is 9. The molecule has 0 fully saturated rings. The highest BCUT2D eigenvalue weighted by molar-refractivity contribution is 9.10. The number of fused-ring (bicyclic) bond motifs is 1. The van der Waals surface area contributed by atoms with Gasteiger partial charge in [0.1, 0.15) is 23.8 Å². The summed E-state index contributed by atoms with van der Waals surface area (Å²) < 4.78 is 20.1. The van der Waals surface area contributed by atoms with Crippen LogP contribution >= 0.6 is 15.9 Å². The molecular weight excluding hydrogens is 448 g/mol. The molecule has 5 nitrogen and oxygen atoms in total. The van der Waals surface area contributed by atoms with Crippen LogP contribution in [0.25, 0.3) is 17.1 Å². The maximum Gasteiger partial charge on any atom is 0.169 e. The molecule has 0 aliphatic rings. The Morgan fingerprint density at radius 2 is 1.86 bits per heavy atom. The number of para-hydroxylation sites is 1. The van der Waals surface area contributed by atoms with E-state index in [2.05, 4.69) is 35.6 Å². The number of aromatic nitrogens is 2. The fourth-order valence-corrected chi connectivity index (χ4v) is 3.95. The quantitative estimate of drug-likeness (QED) is 0.201. The van der Waals surface area contributed by atoms with Crippen LogP contribution in [-0.2, 0) is 16.2 Å². The van der Waals surface area contributed by atoms with Crippen LogP contribution in [0.5, 0.6) is 11.5 Å². The van der Waals surface area contributed by atoms with Gasteiger partial charge in [0, 0.05) is 20.8 Å². The number of hydrogen-bond donors (Lipinski definition) is 0. The van der Waals surface area contributed by atoms with Gasteiger partial charge >= 0.3 is 0 Å². The summed E-state index contributed by atoms with van der Waals surface area (Å²) in [7, 11) is 0.482. The molecular formula is C22H27BrN2O3Si. The first-order valence-electron chi connectivity index (χ1n) is 9.58. The Kier molecular flexibility index (Phi) is 7.16. The second kappa shape index (κ2) is 9.60. The van der Waals surface area contributed by atoms with Crippen LogP contribution in [0.15, 0.2) is 53.2 Å². The third-order valence-electron chi connectivity index (χ3n) is 4.39. The summed E-state index contributed by atoms with van der Waals surface area (Å²) in [6, 6.07) is 14.8. The Labute approximate surface area is 181 Å². The summed E-state index contributed by atoms with van der Waals surface area (Å²) in [5.74, 6) is 2.20. The third-order valence-corrected chi connectivity index (χ3v) is 6.72. The molecule has 7 heteroatoms. The first-order valence-corrected chi connectivity index (χ1v) is 14.1. The van der Waals surface area contributed by atoms with Gasteiger partial charge < -0.3 is 18.8 Å². The molecule has 154 valence electrons. The zero-order valence-corrected chi connectivity index (χ0v) is 19.9. The van der Waals surface area contributed by atoms with Gasteiger partial charge in [0.05, 0.1) is 23.4 Å². The molecule has 3 rings (SSSR count). The summed E-state index contributed by atoms with van der Waals surface area (Å²) in [4.78, 5) is 4.80. The van der Waals surface area contributed by atoms with E-state index in [1.165, 1.54) is 0 Å². The summed E-state index contributed by atoms with van der Waals surface area (Å²) in [6.07, 6.45) is 3.45. The number of nitrogens with zero attached hydrogens (tertiary/aromatic N) is 2. The van der Waals surface area contributed by atoms with Gasteiger partial charge in [-0.05, 0) is 46.2 Å². The molecule has 0 atom stereocenters. The molecule has 1 heterocycles. The van der Waals surface area contributed by atoms with Crippen molar-refractivity contribution < 1.29 is 14.2 Å². The van der Waals surface area contributed by atoms with Gasteiger partial charge in [-0.25, -0.2) is 4.98 Å². The lowest BCUT2D eigenvalue weighted by atomic mass is 10.3. The van der Waals surface area contributed by atoms with E-state index in [1.54, 1.807) is 13.4 Å². The summed E-state index contributed by atoms with van der Waals surface area (Å²) in [5.41, 5.74) is 1.72. The Morgan fingerprint density at radius 1 is 1.10 bits per heavy atom. The number of benzene rings is 2. The molecule has 0 aliphatic carbocycles. The van der Waals surface area contributed by atoms with E-state index >= 15 is 0 Å². The first kappa shape index (κ1) is 21.6. The maximum absolute atomic E-state index is 6.15. The van der Waals surface area contributed by atoms with E-state index in [4.69, 9.17) is 19.2 Å². The lowest BCUT2D eigenvalue weighted by Crippen LogP contribution is -2.22. The fourth-order valence-electron chi connectivity index (χ4n) is 2.79. The van der Waals surface area contributed by atoms with Crippen molar-refractivity contribution >= 4 is 41.1 Å². The topological polar surface area (TPSA) is 45.5 Å². The molecule has 0 saturated heterocycles. The SMILES string of the molecule is CO/C=C\c1nc2c(Oc3ccccc3)c(Br)ccc2n1COCC[Si](C)(C)C. The van der Waals surface area contributed by atoms with Crippen molar-refractivity contribution in [3.8, 4) is 11.5 Å². The van der Waals surface area contributed by atoms with Gasteiger partial charge in [-0.1, -0.05) is 37.8 Å². The van der Waals surface area contributed by atoms with Gasteiger partial charge in [0.25, 0.3) is 0 Å². The van der Waals surface area contributed by atoms with Crippen LogP contribution in [0, 0.1) is 0 Å².